The molecule has 34 heavy (non-hydrogen) atoms. The van der Waals surface area contributed by atoms with E-state index in [9.17, 15) is 14.7 Å². The van der Waals surface area contributed by atoms with Crippen LogP contribution in [0.3, 0.4) is 0 Å². The number of aromatic carboxylic acids is 2. The standard InChI is InChI=1S/C30H50O4/c1-2-3-4-5-6-7-8-9-10-11-12-13-14-15-16-17-18-19-20-21-22-26-25-27(29(31)32)23-24-28(26)30(33)34/h23-25H,2-22H2,1H3,(H,31,32)(H,33,34). The molecular formula is C30H50O4. The molecule has 0 fully saturated rings. The van der Waals surface area contributed by atoms with E-state index < -0.39 is 11.9 Å². The summed E-state index contributed by atoms with van der Waals surface area (Å²) in [6.07, 6.45) is 27.3. The molecule has 0 aliphatic rings. The summed E-state index contributed by atoms with van der Waals surface area (Å²) in [4.78, 5) is 22.5. The highest BCUT2D eigenvalue weighted by Gasteiger charge is 2.13. The Morgan fingerprint density at radius 2 is 0.941 bits per heavy atom. The number of rotatable bonds is 23. The largest absolute Gasteiger partial charge is 0.478 e. The van der Waals surface area contributed by atoms with Gasteiger partial charge in [-0.05, 0) is 36.6 Å². The molecule has 0 amide bonds. The van der Waals surface area contributed by atoms with Crippen molar-refractivity contribution in [3.05, 3.63) is 34.9 Å². The lowest BCUT2D eigenvalue weighted by molar-refractivity contribution is 0.0680. The van der Waals surface area contributed by atoms with Crippen LogP contribution in [0.2, 0.25) is 0 Å². The van der Waals surface area contributed by atoms with E-state index in [1.54, 1.807) is 0 Å². The third kappa shape index (κ3) is 15.1. The molecule has 0 atom stereocenters. The van der Waals surface area contributed by atoms with E-state index in [0.29, 0.717) is 12.0 Å². The Hall–Kier alpha value is -1.84. The van der Waals surface area contributed by atoms with Crippen molar-refractivity contribution in [2.75, 3.05) is 0 Å². The number of benzene rings is 1. The molecule has 1 aromatic rings. The summed E-state index contributed by atoms with van der Waals surface area (Å²) in [7, 11) is 0. The van der Waals surface area contributed by atoms with Crippen molar-refractivity contribution < 1.29 is 19.8 Å². The molecule has 0 saturated heterocycles. The molecule has 1 rings (SSSR count). The number of hydrogen-bond donors (Lipinski definition) is 2. The van der Waals surface area contributed by atoms with Gasteiger partial charge in [-0.1, -0.05) is 129 Å². The second kappa shape index (κ2) is 20.5. The van der Waals surface area contributed by atoms with Gasteiger partial charge < -0.3 is 10.2 Å². The fourth-order valence-electron chi connectivity index (χ4n) is 4.71. The van der Waals surface area contributed by atoms with Gasteiger partial charge in [0, 0.05) is 0 Å². The molecule has 4 heteroatoms. The number of aryl methyl sites for hydroxylation is 1. The van der Waals surface area contributed by atoms with Crippen LogP contribution in [0.5, 0.6) is 0 Å². The molecule has 1 aromatic carbocycles. The summed E-state index contributed by atoms with van der Waals surface area (Å²) >= 11 is 0. The quantitative estimate of drug-likeness (QED) is 0.155. The van der Waals surface area contributed by atoms with Crippen molar-refractivity contribution in [2.45, 2.75) is 142 Å². The Morgan fingerprint density at radius 3 is 1.29 bits per heavy atom. The molecule has 0 saturated carbocycles. The van der Waals surface area contributed by atoms with Gasteiger partial charge in [0.1, 0.15) is 0 Å². The molecule has 0 aliphatic carbocycles. The lowest BCUT2D eigenvalue weighted by atomic mass is 9.98. The van der Waals surface area contributed by atoms with Gasteiger partial charge in [-0.15, -0.1) is 0 Å². The van der Waals surface area contributed by atoms with E-state index in [1.807, 2.05) is 0 Å². The van der Waals surface area contributed by atoms with Crippen LogP contribution in [-0.2, 0) is 6.42 Å². The molecule has 0 bridgehead atoms. The molecule has 0 spiro atoms. The zero-order chi connectivity index (χ0) is 24.9. The zero-order valence-electron chi connectivity index (χ0n) is 21.8. The van der Waals surface area contributed by atoms with Crippen LogP contribution in [0.15, 0.2) is 18.2 Å². The Balaban J connectivity index is 1.91. The second-order valence-corrected chi connectivity index (χ2v) is 9.95. The average molecular weight is 475 g/mol. The van der Waals surface area contributed by atoms with Gasteiger partial charge in [0.15, 0.2) is 0 Å². The highest BCUT2D eigenvalue weighted by atomic mass is 16.4. The predicted octanol–water partition coefficient (Wildman–Crippen LogP) is 9.45. The van der Waals surface area contributed by atoms with E-state index in [-0.39, 0.29) is 11.1 Å². The number of hydrogen-bond acceptors (Lipinski definition) is 2. The van der Waals surface area contributed by atoms with Crippen LogP contribution in [0.1, 0.15) is 162 Å². The highest BCUT2D eigenvalue weighted by molar-refractivity contribution is 5.93. The smallest absolute Gasteiger partial charge is 0.335 e. The Bertz CT molecular complexity index is 668. The van der Waals surface area contributed by atoms with Gasteiger partial charge in [0.25, 0.3) is 0 Å². The van der Waals surface area contributed by atoms with Crippen molar-refractivity contribution in [2.24, 2.45) is 0 Å². The Kier molecular flexibility index (Phi) is 18.2. The van der Waals surface area contributed by atoms with Crippen LogP contribution >= 0.6 is 0 Å². The number of carboxylic acids is 2. The van der Waals surface area contributed by atoms with Crippen LogP contribution in [0.4, 0.5) is 0 Å². The predicted molar refractivity (Wildman–Crippen MR) is 142 cm³/mol. The van der Waals surface area contributed by atoms with Gasteiger partial charge in [0.05, 0.1) is 11.1 Å². The highest BCUT2D eigenvalue weighted by Crippen LogP contribution is 2.18. The molecule has 194 valence electrons. The maximum atomic E-state index is 11.4. The van der Waals surface area contributed by atoms with Gasteiger partial charge >= 0.3 is 11.9 Å². The van der Waals surface area contributed by atoms with Crippen LogP contribution < -0.4 is 0 Å². The minimum atomic E-state index is -1.01. The fraction of sp³-hybridized carbons (Fsp3) is 0.733. The van der Waals surface area contributed by atoms with Gasteiger partial charge in [-0.3, -0.25) is 0 Å². The third-order valence-corrected chi connectivity index (χ3v) is 6.88. The van der Waals surface area contributed by atoms with Gasteiger partial charge in [-0.2, -0.15) is 0 Å². The first kappa shape index (κ1) is 30.2. The number of carboxylic acid groups (broad SMARTS) is 2. The molecule has 0 aliphatic heterocycles. The third-order valence-electron chi connectivity index (χ3n) is 6.88. The lowest BCUT2D eigenvalue weighted by Crippen LogP contribution is -2.06. The zero-order valence-corrected chi connectivity index (χ0v) is 21.8. The topological polar surface area (TPSA) is 74.6 Å². The Labute approximate surface area is 208 Å². The van der Waals surface area contributed by atoms with Crippen LogP contribution in [0, 0.1) is 0 Å². The average Bonchev–Trinajstić information content (AvgIpc) is 2.82. The first-order valence-corrected chi connectivity index (χ1v) is 14.2. The van der Waals surface area contributed by atoms with E-state index in [1.165, 1.54) is 134 Å². The van der Waals surface area contributed by atoms with E-state index in [4.69, 9.17) is 5.11 Å². The van der Waals surface area contributed by atoms with Gasteiger partial charge in [-0.25, -0.2) is 9.59 Å². The second-order valence-electron chi connectivity index (χ2n) is 9.95. The molecule has 0 aromatic heterocycles. The summed E-state index contributed by atoms with van der Waals surface area (Å²) in [5.74, 6) is -2.00. The Morgan fingerprint density at radius 1 is 0.559 bits per heavy atom. The SMILES string of the molecule is CCCCCCCCCCCCCCCCCCCCCCc1cc(C(=O)O)ccc1C(=O)O. The van der Waals surface area contributed by atoms with Crippen molar-refractivity contribution in [3.63, 3.8) is 0 Å². The maximum Gasteiger partial charge on any atom is 0.335 e. The number of carbonyl (C=O) groups is 2. The summed E-state index contributed by atoms with van der Waals surface area (Å²) in [6.45, 7) is 2.28. The van der Waals surface area contributed by atoms with Gasteiger partial charge in [0.2, 0.25) is 0 Å². The van der Waals surface area contributed by atoms with Crippen molar-refractivity contribution in [3.8, 4) is 0 Å². The molecule has 0 unspecified atom stereocenters. The summed E-state index contributed by atoms with van der Waals surface area (Å²) in [5.41, 5.74) is 1.02. The monoisotopic (exact) mass is 474 g/mol. The molecular weight excluding hydrogens is 424 g/mol. The van der Waals surface area contributed by atoms with E-state index >= 15 is 0 Å². The number of unbranched alkanes of at least 4 members (excludes halogenated alkanes) is 19. The first-order valence-electron chi connectivity index (χ1n) is 14.2. The summed E-state index contributed by atoms with van der Waals surface area (Å²) in [6, 6.07) is 4.30. The van der Waals surface area contributed by atoms with Crippen LogP contribution in [-0.4, -0.2) is 22.2 Å². The van der Waals surface area contributed by atoms with Crippen LogP contribution in [0.25, 0.3) is 0 Å². The minimum Gasteiger partial charge on any atom is -0.478 e. The van der Waals surface area contributed by atoms with E-state index in [0.717, 1.165) is 12.8 Å². The molecule has 4 nitrogen and oxygen atoms in total. The maximum absolute atomic E-state index is 11.4. The fourth-order valence-corrected chi connectivity index (χ4v) is 4.71. The minimum absolute atomic E-state index is 0.160. The van der Waals surface area contributed by atoms with Crippen molar-refractivity contribution in [1.82, 2.24) is 0 Å². The molecule has 2 N–H and O–H groups in total. The lowest BCUT2D eigenvalue weighted by Gasteiger charge is -2.08. The molecule has 0 radical (unpaired) electrons. The summed E-state index contributed by atoms with van der Waals surface area (Å²) in [5, 5.41) is 18.4. The first-order chi connectivity index (χ1) is 16.6. The van der Waals surface area contributed by atoms with Crippen molar-refractivity contribution in [1.29, 1.82) is 0 Å². The normalized spacial score (nSPS) is 11.1. The molecule has 0 heterocycles. The summed E-state index contributed by atoms with van der Waals surface area (Å²) < 4.78 is 0. The van der Waals surface area contributed by atoms with Crippen molar-refractivity contribution >= 4 is 11.9 Å². The van der Waals surface area contributed by atoms with E-state index in [2.05, 4.69) is 6.92 Å².